The Balaban J connectivity index is 1.31. The van der Waals surface area contributed by atoms with Crippen LogP contribution >= 0.6 is 0 Å². The molecule has 1 N–H and O–H groups in total. The highest BCUT2D eigenvalue weighted by atomic mass is 16.5. The van der Waals surface area contributed by atoms with Crippen molar-refractivity contribution in [3.63, 3.8) is 0 Å². The molecule has 0 fully saturated rings. The lowest BCUT2D eigenvalue weighted by molar-refractivity contribution is 0.102. The number of aryl methyl sites for hydroxylation is 1. The molecule has 2 heterocycles. The van der Waals surface area contributed by atoms with Crippen molar-refractivity contribution in [3.8, 4) is 22.8 Å². The molecule has 4 aromatic carbocycles. The van der Waals surface area contributed by atoms with Crippen molar-refractivity contribution in [2.45, 2.75) is 26.3 Å². The van der Waals surface area contributed by atoms with Crippen LogP contribution < -0.4 is 14.8 Å². The van der Waals surface area contributed by atoms with Gasteiger partial charge in [0.2, 0.25) is 0 Å². The summed E-state index contributed by atoms with van der Waals surface area (Å²) in [7, 11) is 3.28. The SMILES string of the molecule is COc1cccc(/C=C2/CCc3c2nc2ccccc2c3C(=O)Nc2cc(-c3cccc(C)c3)nn2Cc2ccccc2)c1OC. The van der Waals surface area contributed by atoms with Crippen LogP contribution in [0, 0.1) is 6.92 Å². The summed E-state index contributed by atoms with van der Waals surface area (Å²) in [6, 6.07) is 34.0. The standard InChI is InChI=1S/C39H34N4O3/c1-25-11-9-14-27(21-25)33-23-35(43(42-33)24-26-12-5-4-6-13-26)41-39(44)36-30-16-7-8-17-32(30)40-37-28(19-20-31(36)37)22-29-15-10-18-34(45-2)38(29)46-3/h4-18,21-23H,19-20,24H2,1-3H3,(H,41,44)/b28-22-. The number of nitrogens with zero attached hydrogens (tertiary/aromatic N) is 3. The molecule has 7 rings (SSSR count). The number of allylic oxidation sites excluding steroid dienone is 1. The van der Waals surface area contributed by atoms with Gasteiger partial charge in [0.05, 0.1) is 43.2 Å². The summed E-state index contributed by atoms with van der Waals surface area (Å²) >= 11 is 0. The third-order valence-electron chi connectivity index (χ3n) is 8.44. The van der Waals surface area contributed by atoms with E-state index in [9.17, 15) is 4.79 Å². The Labute approximate surface area is 268 Å². The normalized spacial score (nSPS) is 13.2. The molecule has 0 spiro atoms. The summed E-state index contributed by atoms with van der Waals surface area (Å²) < 4.78 is 13.1. The van der Waals surface area contributed by atoms with Gasteiger partial charge in [0.1, 0.15) is 5.82 Å². The van der Waals surface area contributed by atoms with Crippen LogP contribution in [0.25, 0.3) is 33.8 Å². The van der Waals surface area contributed by atoms with E-state index in [2.05, 4.69) is 42.6 Å². The van der Waals surface area contributed by atoms with Gasteiger partial charge in [-0.3, -0.25) is 4.79 Å². The molecular weight excluding hydrogens is 572 g/mol. The van der Waals surface area contributed by atoms with Crippen LogP contribution in [0.1, 0.15) is 44.7 Å². The Bertz CT molecular complexity index is 2110. The Morgan fingerprint density at radius 1 is 0.891 bits per heavy atom. The number of aromatic nitrogens is 3. The molecule has 0 saturated heterocycles. The fourth-order valence-electron chi connectivity index (χ4n) is 6.27. The molecule has 1 aliphatic rings. The summed E-state index contributed by atoms with van der Waals surface area (Å²) in [5.74, 6) is 1.79. The molecule has 1 amide bonds. The van der Waals surface area contributed by atoms with Crippen molar-refractivity contribution in [2.75, 3.05) is 19.5 Å². The zero-order valence-corrected chi connectivity index (χ0v) is 26.1. The van der Waals surface area contributed by atoms with Crippen LogP contribution in [0.4, 0.5) is 5.82 Å². The van der Waals surface area contributed by atoms with Gasteiger partial charge in [0.15, 0.2) is 11.5 Å². The highest BCUT2D eigenvalue weighted by Crippen LogP contribution is 2.40. The first-order valence-corrected chi connectivity index (χ1v) is 15.4. The average molecular weight is 607 g/mol. The van der Waals surface area contributed by atoms with E-state index in [0.717, 1.165) is 62.1 Å². The monoisotopic (exact) mass is 606 g/mol. The van der Waals surface area contributed by atoms with E-state index in [0.29, 0.717) is 35.8 Å². The molecular formula is C39H34N4O3. The van der Waals surface area contributed by atoms with Gasteiger partial charge in [-0.05, 0) is 60.7 Å². The summed E-state index contributed by atoms with van der Waals surface area (Å²) in [6.45, 7) is 2.59. The lowest BCUT2D eigenvalue weighted by Crippen LogP contribution is -2.18. The number of rotatable bonds is 8. The second-order valence-corrected chi connectivity index (χ2v) is 11.5. The van der Waals surface area contributed by atoms with E-state index in [-0.39, 0.29) is 5.91 Å². The number of nitrogens with one attached hydrogen (secondary N) is 1. The van der Waals surface area contributed by atoms with Gasteiger partial charge in [-0.2, -0.15) is 5.10 Å². The van der Waals surface area contributed by atoms with Gasteiger partial charge in [0.25, 0.3) is 5.91 Å². The molecule has 0 atom stereocenters. The van der Waals surface area contributed by atoms with Gasteiger partial charge >= 0.3 is 0 Å². The van der Waals surface area contributed by atoms with E-state index in [1.54, 1.807) is 14.2 Å². The van der Waals surface area contributed by atoms with Crippen LogP contribution in [0.2, 0.25) is 0 Å². The summed E-state index contributed by atoms with van der Waals surface area (Å²) in [4.78, 5) is 19.5. The van der Waals surface area contributed by atoms with Gasteiger partial charge in [-0.25, -0.2) is 9.67 Å². The molecule has 2 aromatic heterocycles. The molecule has 1 aliphatic carbocycles. The number of pyridine rings is 1. The number of carbonyl (C=O) groups is 1. The average Bonchev–Trinajstić information content (AvgIpc) is 3.67. The van der Waals surface area contributed by atoms with Crippen LogP contribution in [-0.4, -0.2) is 34.9 Å². The summed E-state index contributed by atoms with van der Waals surface area (Å²) in [5, 5.41) is 9.02. The van der Waals surface area contributed by atoms with Gasteiger partial charge in [0, 0.05) is 22.6 Å². The van der Waals surface area contributed by atoms with E-state index in [1.807, 2.05) is 83.5 Å². The van der Waals surface area contributed by atoms with E-state index >= 15 is 0 Å². The maximum Gasteiger partial charge on any atom is 0.257 e. The Morgan fingerprint density at radius 3 is 2.50 bits per heavy atom. The maximum atomic E-state index is 14.4. The Morgan fingerprint density at radius 2 is 1.70 bits per heavy atom. The fraction of sp³-hybridized carbons (Fsp3) is 0.154. The van der Waals surface area contributed by atoms with Gasteiger partial charge in [-0.15, -0.1) is 0 Å². The number of anilines is 1. The molecule has 6 aromatic rings. The zero-order chi connectivity index (χ0) is 31.6. The van der Waals surface area contributed by atoms with Gasteiger partial charge < -0.3 is 14.8 Å². The molecule has 0 radical (unpaired) electrons. The Hall–Kier alpha value is -5.69. The van der Waals surface area contributed by atoms with E-state index in [1.165, 1.54) is 0 Å². The number of ether oxygens (including phenoxy) is 2. The fourth-order valence-corrected chi connectivity index (χ4v) is 6.27. The van der Waals surface area contributed by atoms with Crippen LogP contribution in [0.15, 0.2) is 103 Å². The number of hydrogen-bond acceptors (Lipinski definition) is 5. The van der Waals surface area contributed by atoms with Crippen molar-refractivity contribution in [3.05, 3.63) is 137 Å². The number of para-hydroxylation sites is 2. The third kappa shape index (κ3) is 5.52. The number of benzene rings is 4. The maximum absolute atomic E-state index is 14.4. The minimum atomic E-state index is -0.180. The first-order chi connectivity index (χ1) is 22.5. The number of amides is 1. The number of carbonyl (C=O) groups excluding carboxylic acids is 1. The van der Waals surface area contributed by atoms with E-state index in [4.69, 9.17) is 19.6 Å². The second-order valence-electron chi connectivity index (χ2n) is 11.5. The summed E-state index contributed by atoms with van der Waals surface area (Å²) in [6.07, 6.45) is 3.55. The number of methoxy groups -OCH3 is 2. The lowest BCUT2D eigenvalue weighted by atomic mass is 9.99. The molecule has 228 valence electrons. The van der Waals surface area contributed by atoms with Crippen LogP contribution in [0.3, 0.4) is 0 Å². The molecule has 0 saturated carbocycles. The molecule has 0 unspecified atom stereocenters. The summed E-state index contributed by atoms with van der Waals surface area (Å²) in [5.41, 5.74) is 9.20. The van der Waals surface area contributed by atoms with Crippen molar-refractivity contribution in [2.24, 2.45) is 0 Å². The van der Waals surface area contributed by atoms with Crippen molar-refractivity contribution in [1.82, 2.24) is 14.8 Å². The predicted molar refractivity (Wildman–Crippen MR) is 183 cm³/mol. The molecule has 0 bridgehead atoms. The smallest absolute Gasteiger partial charge is 0.257 e. The number of fused-ring (bicyclic) bond motifs is 2. The quantitative estimate of drug-likeness (QED) is 0.189. The minimum absolute atomic E-state index is 0.180. The predicted octanol–water partition coefficient (Wildman–Crippen LogP) is 8.21. The highest BCUT2D eigenvalue weighted by Gasteiger charge is 2.28. The van der Waals surface area contributed by atoms with Crippen molar-refractivity contribution < 1.29 is 14.3 Å². The largest absolute Gasteiger partial charge is 0.493 e. The zero-order valence-electron chi connectivity index (χ0n) is 26.1. The first-order valence-electron chi connectivity index (χ1n) is 15.4. The number of hydrogen-bond donors (Lipinski definition) is 1. The lowest BCUT2D eigenvalue weighted by Gasteiger charge is -2.14. The molecule has 0 aliphatic heterocycles. The first kappa shape index (κ1) is 29.0. The molecule has 46 heavy (non-hydrogen) atoms. The molecule has 7 heteroatoms. The van der Waals surface area contributed by atoms with Gasteiger partial charge in [-0.1, -0.05) is 84.4 Å². The van der Waals surface area contributed by atoms with E-state index < -0.39 is 0 Å². The second kappa shape index (κ2) is 12.4. The topological polar surface area (TPSA) is 78.3 Å². The van der Waals surface area contributed by atoms with Crippen molar-refractivity contribution in [1.29, 1.82) is 0 Å². The third-order valence-corrected chi connectivity index (χ3v) is 8.44. The van der Waals surface area contributed by atoms with Crippen molar-refractivity contribution >= 4 is 34.3 Å². The molecule has 7 nitrogen and oxygen atoms in total. The van der Waals surface area contributed by atoms with Crippen LogP contribution in [-0.2, 0) is 13.0 Å². The van der Waals surface area contributed by atoms with Crippen LogP contribution in [0.5, 0.6) is 11.5 Å². The minimum Gasteiger partial charge on any atom is -0.493 e. The highest BCUT2D eigenvalue weighted by molar-refractivity contribution is 6.14. The Kier molecular flexibility index (Phi) is 7.81.